The van der Waals surface area contributed by atoms with E-state index < -0.39 is 18.9 Å². The van der Waals surface area contributed by atoms with Gasteiger partial charge in [0.25, 0.3) is 12.3 Å². The zero-order chi connectivity index (χ0) is 15.2. The molecule has 0 radical (unpaired) electrons. The molecule has 114 valence electrons. The zero-order valence-corrected chi connectivity index (χ0v) is 11.2. The number of amides is 1. The first kappa shape index (κ1) is 15.4. The molecular formula is C14H16F2N2O3. The number of nitrogens with one attached hydrogen (secondary N) is 1. The van der Waals surface area contributed by atoms with E-state index in [1.54, 1.807) is 0 Å². The van der Waals surface area contributed by atoms with Crippen molar-refractivity contribution in [3.05, 3.63) is 36.0 Å². The summed E-state index contributed by atoms with van der Waals surface area (Å²) in [6.07, 6.45) is 1.70. The highest BCUT2D eigenvalue weighted by Gasteiger charge is 2.21. The molecule has 2 N–H and O–H groups in total. The number of ether oxygens (including phenoxy) is 1. The normalized spacial score (nSPS) is 20.8. The Morgan fingerprint density at radius 1 is 1.48 bits per heavy atom. The lowest BCUT2D eigenvalue weighted by Crippen LogP contribution is -2.33. The van der Waals surface area contributed by atoms with Crippen LogP contribution in [0, 0.1) is 5.92 Å². The zero-order valence-electron chi connectivity index (χ0n) is 11.2. The Labute approximate surface area is 120 Å². The van der Waals surface area contributed by atoms with Gasteiger partial charge in [0.05, 0.1) is 0 Å². The summed E-state index contributed by atoms with van der Waals surface area (Å²) in [5.41, 5.74) is 0.0996. The van der Waals surface area contributed by atoms with Crippen LogP contribution >= 0.6 is 0 Å². The van der Waals surface area contributed by atoms with Crippen LogP contribution in [0.2, 0.25) is 0 Å². The molecule has 5 nitrogen and oxygen atoms in total. The van der Waals surface area contributed by atoms with Crippen molar-refractivity contribution in [3.8, 4) is 5.88 Å². The van der Waals surface area contributed by atoms with E-state index in [1.165, 1.54) is 18.2 Å². The van der Waals surface area contributed by atoms with Gasteiger partial charge in [0.1, 0.15) is 5.69 Å². The molecule has 1 heterocycles. The van der Waals surface area contributed by atoms with Crippen LogP contribution in [0.5, 0.6) is 5.88 Å². The average molecular weight is 298 g/mol. The number of alkyl halides is 2. The summed E-state index contributed by atoms with van der Waals surface area (Å²) in [6, 6.07) is 4.24. The van der Waals surface area contributed by atoms with Gasteiger partial charge in [-0.25, -0.2) is 13.8 Å². The lowest BCUT2D eigenvalue weighted by molar-refractivity contribution is 0.0792. The molecule has 0 aliphatic heterocycles. The van der Waals surface area contributed by atoms with Crippen LogP contribution in [0.3, 0.4) is 0 Å². The predicted molar refractivity (Wildman–Crippen MR) is 71.3 cm³/mol. The first-order valence-electron chi connectivity index (χ1n) is 6.56. The molecule has 0 saturated heterocycles. The highest BCUT2D eigenvalue weighted by atomic mass is 19.3. The monoisotopic (exact) mass is 298 g/mol. The van der Waals surface area contributed by atoms with Gasteiger partial charge in [0.2, 0.25) is 5.88 Å². The molecular weight excluding hydrogens is 282 g/mol. The van der Waals surface area contributed by atoms with Crippen LogP contribution < -0.4 is 10.1 Å². The minimum Gasteiger partial charge on any atom is -0.472 e. The number of nitrogens with zero attached hydrogens (tertiary/aromatic N) is 1. The van der Waals surface area contributed by atoms with Crippen LogP contribution in [-0.2, 0) is 0 Å². The number of aromatic nitrogens is 1. The predicted octanol–water partition coefficient (Wildman–Crippen LogP) is 1.39. The minimum absolute atomic E-state index is 0.0156. The molecule has 1 aromatic heterocycles. The van der Waals surface area contributed by atoms with Crippen molar-refractivity contribution in [1.29, 1.82) is 0 Å². The maximum atomic E-state index is 12.1. The smallest absolute Gasteiger partial charge is 0.272 e. The molecule has 7 heteroatoms. The van der Waals surface area contributed by atoms with E-state index in [4.69, 9.17) is 9.84 Å². The molecule has 2 atom stereocenters. The molecule has 21 heavy (non-hydrogen) atoms. The number of hydrogen-bond acceptors (Lipinski definition) is 4. The van der Waals surface area contributed by atoms with Gasteiger partial charge in [-0.1, -0.05) is 18.2 Å². The van der Waals surface area contributed by atoms with Crippen LogP contribution in [0.4, 0.5) is 8.78 Å². The van der Waals surface area contributed by atoms with Crippen LogP contribution in [0.15, 0.2) is 30.4 Å². The summed E-state index contributed by atoms with van der Waals surface area (Å²) in [4.78, 5) is 15.9. The molecule has 0 aromatic carbocycles. The second kappa shape index (κ2) is 7.12. The molecule has 2 rings (SSSR count). The number of pyridine rings is 1. The first-order valence-corrected chi connectivity index (χ1v) is 6.56. The average Bonchev–Trinajstić information content (AvgIpc) is 2.93. The lowest BCUT2D eigenvalue weighted by Gasteiger charge is -2.12. The summed E-state index contributed by atoms with van der Waals surface area (Å²) in [7, 11) is 0. The number of halogens is 2. The third kappa shape index (κ3) is 4.49. The third-order valence-electron chi connectivity index (χ3n) is 3.04. The quantitative estimate of drug-likeness (QED) is 0.779. The van der Waals surface area contributed by atoms with E-state index in [-0.39, 0.29) is 30.1 Å². The van der Waals surface area contributed by atoms with Gasteiger partial charge >= 0.3 is 0 Å². The van der Waals surface area contributed by atoms with E-state index in [1.807, 2.05) is 12.2 Å². The van der Waals surface area contributed by atoms with Gasteiger partial charge in [-0.15, -0.1) is 0 Å². The largest absolute Gasteiger partial charge is 0.472 e. The second-order valence-corrected chi connectivity index (χ2v) is 4.71. The fraction of sp³-hybridized carbons (Fsp3) is 0.429. The van der Waals surface area contributed by atoms with E-state index in [9.17, 15) is 13.6 Å². The third-order valence-corrected chi connectivity index (χ3v) is 3.04. The molecule has 0 spiro atoms. The number of carbonyl (C=O) groups excluding carboxylic acids is 1. The molecule has 0 saturated carbocycles. The topological polar surface area (TPSA) is 71.5 Å². The second-order valence-electron chi connectivity index (χ2n) is 4.71. The standard InChI is InChI=1S/C14H16F2N2O3/c15-12(16)8-21-13-3-1-2-11(18-13)14(20)17-10-5-4-9(6-10)7-19/h1-5,9-10,12,19H,6-8H2,(H,17,20)/t9-,10+/m0/s1. The van der Waals surface area contributed by atoms with Crippen LogP contribution in [0.1, 0.15) is 16.9 Å². The highest BCUT2D eigenvalue weighted by molar-refractivity contribution is 5.92. The summed E-state index contributed by atoms with van der Waals surface area (Å²) in [5.74, 6) is -0.382. The fourth-order valence-corrected chi connectivity index (χ4v) is 2.03. The summed E-state index contributed by atoms with van der Waals surface area (Å²) >= 11 is 0. The number of carbonyl (C=O) groups is 1. The van der Waals surface area contributed by atoms with Crippen LogP contribution in [0.25, 0.3) is 0 Å². The molecule has 1 amide bonds. The van der Waals surface area contributed by atoms with E-state index in [0.717, 1.165) is 0 Å². The van der Waals surface area contributed by atoms with Crippen molar-refractivity contribution in [2.75, 3.05) is 13.2 Å². The fourth-order valence-electron chi connectivity index (χ4n) is 2.03. The Balaban J connectivity index is 1.93. The van der Waals surface area contributed by atoms with Crippen molar-refractivity contribution in [2.24, 2.45) is 5.92 Å². The molecule has 1 aromatic rings. The van der Waals surface area contributed by atoms with Gasteiger partial charge in [0, 0.05) is 24.6 Å². The molecule has 1 aliphatic rings. The number of hydrogen-bond donors (Lipinski definition) is 2. The van der Waals surface area contributed by atoms with Gasteiger partial charge in [-0.05, 0) is 12.5 Å². The molecule has 0 fully saturated rings. The Bertz CT molecular complexity index is 523. The number of aliphatic hydroxyl groups excluding tert-OH is 1. The van der Waals surface area contributed by atoms with Crippen LogP contribution in [-0.4, -0.2) is 41.7 Å². The summed E-state index contributed by atoms with van der Waals surface area (Å²) in [6.45, 7) is -0.723. The van der Waals surface area contributed by atoms with Crippen molar-refractivity contribution in [2.45, 2.75) is 18.9 Å². The maximum Gasteiger partial charge on any atom is 0.272 e. The van der Waals surface area contributed by atoms with Crippen molar-refractivity contribution in [3.63, 3.8) is 0 Å². The lowest BCUT2D eigenvalue weighted by atomic mass is 10.1. The Morgan fingerprint density at radius 2 is 2.29 bits per heavy atom. The Kier molecular flexibility index (Phi) is 5.21. The van der Waals surface area contributed by atoms with Crippen molar-refractivity contribution < 1.29 is 23.4 Å². The maximum absolute atomic E-state index is 12.1. The number of rotatable bonds is 6. The van der Waals surface area contributed by atoms with E-state index in [0.29, 0.717) is 6.42 Å². The Hall–Kier alpha value is -2.02. The van der Waals surface area contributed by atoms with Crippen molar-refractivity contribution in [1.82, 2.24) is 10.3 Å². The minimum atomic E-state index is -2.59. The van der Waals surface area contributed by atoms with E-state index >= 15 is 0 Å². The van der Waals surface area contributed by atoms with Crippen molar-refractivity contribution >= 4 is 5.91 Å². The molecule has 1 aliphatic carbocycles. The highest BCUT2D eigenvalue weighted by Crippen LogP contribution is 2.17. The Morgan fingerprint density at radius 3 is 2.95 bits per heavy atom. The van der Waals surface area contributed by atoms with E-state index in [2.05, 4.69) is 10.3 Å². The van der Waals surface area contributed by atoms with Gasteiger partial charge in [-0.2, -0.15) is 0 Å². The molecule has 0 unspecified atom stereocenters. The summed E-state index contributed by atoms with van der Waals surface area (Å²) in [5, 5.41) is 11.8. The van der Waals surface area contributed by atoms with Gasteiger partial charge in [-0.3, -0.25) is 4.79 Å². The molecule has 0 bridgehead atoms. The summed E-state index contributed by atoms with van der Waals surface area (Å²) < 4.78 is 28.9. The SMILES string of the molecule is O=C(N[C@@H]1C=C[C@H](CO)C1)c1cccc(OCC(F)F)n1. The van der Waals surface area contributed by atoms with Gasteiger partial charge in [0.15, 0.2) is 6.61 Å². The van der Waals surface area contributed by atoms with Gasteiger partial charge < -0.3 is 15.2 Å². The first-order chi connectivity index (χ1) is 10.1. The number of aliphatic hydroxyl groups is 1.